The van der Waals surface area contributed by atoms with Gasteiger partial charge in [-0.05, 0) is 31.4 Å². The smallest absolute Gasteiger partial charge is 0.151 e. The summed E-state index contributed by atoms with van der Waals surface area (Å²) in [5.41, 5.74) is 1.01. The van der Waals surface area contributed by atoms with Gasteiger partial charge in [-0.2, -0.15) is 5.10 Å². The number of aryl methyl sites for hydroxylation is 1. The predicted molar refractivity (Wildman–Crippen MR) is 67.1 cm³/mol. The van der Waals surface area contributed by atoms with Gasteiger partial charge in [-0.1, -0.05) is 6.92 Å². The second-order valence-corrected chi connectivity index (χ2v) is 4.62. The van der Waals surface area contributed by atoms with E-state index < -0.39 is 0 Å². The number of rotatable bonds is 3. The Balaban J connectivity index is 2.03. The molecule has 0 saturated heterocycles. The summed E-state index contributed by atoms with van der Waals surface area (Å²) in [5.74, 6) is 1.30. The summed E-state index contributed by atoms with van der Waals surface area (Å²) in [6.07, 6.45) is 4.19. The highest BCUT2D eigenvalue weighted by Crippen LogP contribution is 2.22. The van der Waals surface area contributed by atoms with Crippen LogP contribution in [0.3, 0.4) is 0 Å². The fraction of sp³-hybridized carbons (Fsp3) is 0.615. The third kappa shape index (κ3) is 2.81. The van der Waals surface area contributed by atoms with E-state index in [1.54, 1.807) is 0 Å². The average molecular weight is 233 g/mol. The Bertz CT molecular complexity index is 378. The lowest BCUT2D eigenvalue weighted by atomic mass is 9.93. The quantitative estimate of drug-likeness (QED) is 0.801. The predicted octanol–water partition coefficient (Wildman–Crippen LogP) is 1.99. The molecule has 0 aliphatic heterocycles. The minimum Gasteiger partial charge on any atom is -0.355 e. The Morgan fingerprint density at radius 2 is 2.00 bits per heavy atom. The van der Waals surface area contributed by atoms with Crippen molar-refractivity contribution in [3.05, 3.63) is 17.8 Å². The Kier molecular flexibility index (Phi) is 3.71. The molecule has 0 aromatic carbocycles. The fourth-order valence-corrected chi connectivity index (χ4v) is 2.23. The summed E-state index contributed by atoms with van der Waals surface area (Å²) in [6, 6.07) is 4.46. The van der Waals surface area contributed by atoms with Crippen molar-refractivity contribution in [2.75, 3.05) is 11.9 Å². The van der Waals surface area contributed by atoms with Crippen molar-refractivity contribution in [1.82, 2.24) is 10.2 Å². The number of aromatic nitrogens is 2. The summed E-state index contributed by atoms with van der Waals surface area (Å²) >= 11 is 0. The van der Waals surface area contributed by atoms with Crippen LogP contribution in [0.4, 0.5) is 5.82 Å². The molecule has 1 aromatic rings. The van der Waals surface area contributed by atoms with Crippen molar-refractivity contribution in [3.8, 4) is 0 Å². The standard InChI is InChI=1S/C13H19N3O/c1-3-10-4-9-13(15-14-10)16(2)11-5-7-12(17)8-6-11/h4,9,11H,3,5-8H2,1-2H3. The van der Waals surface area contributed by atoms with E-state index in [4.69, 9.17) is 0 Å². The number of Topliss-reactive ketones (excluding diaryl/α,β-unsaturated/α-hetero) is 1. The second-order valence-electron chi connectivity index (χ2n) is 4.62. The van der Waals surface area contributed by atoms with Crippen LogP contribution in [0.2, 0.25) is 0 Å². The minimum absolute atomic E-state index is 0.391. The Labute approximate surface area is 102 Å². The summed E-state index contributed by atoms with van der Waals surface area (Å²) in [7, 11) is 2.04. The molecule has 1 heterocycles. The third-order valence-corrected chi connectivity index (χ3v) is 3.49. The van der Waals surface area contributed by atoms with Gasteiger partial charge in [-0.3, -0.25) is 4.79 Å². The van der Waals surface area contributed by atoms with Crippen molar-refractivity contribution in [2.24, 2.45) is 0 Å². The number of ketones is 1. The van der Waals surface area contributed by atoms with Gasteiger partial charge in [0.15, 0.2) is 5.82 Å². The largest absolute Gasteiger partial charge is 0.355 e. The van der Waals surface area contributed by atoms with E-state index in [9.17, 15) is 4.79 Å². The van der Waals surface area contributed by atoms with Crippen LogP contribution in [0.25, 0.3) is 0 Å². The maximum absolute atomic E-state index is 11.2. The molecule has 0 spiro atoms. The minimum atomic E-state index is 0.391. The van der Waals surface area contributed by atoms with E-state index in [-0.39, 0.29) is 0 Å². The molecule has 1 saturated carbocycles. The zero-order valence-corrected chi connectivity index (χ0v) is 10.5. The van der Waals surface area contributed by atoms with Gasteiger partial charge in [0.1, 0.15) is 5.78 Å². The van der Waals surface area contributed by atoms with Crippen molar-refractivity contribution >= 4 is 11.6 Å². The molecule has 4 nitrogen and oxygen atoms in total. The van der Waals surface area contributed by atoms with Crippen LogP contribution in [-0.4, -0.2) is 29.1 Å². The van der Waals surface area contributed by atoms with Gasteiger partial charge in [0.2, 0.25) is 0 Å². The molecular formula is C13H19N3O. The van der Waals surface area contributed by atoms with Crippen LogP contribution in [0.5, 0.6) is 0 Å². The van der Waals surface area contributed by atoms with E-state index in [1.807, 2.05) is 19.2 Å². The van der Waals surface area contributed by atoms with E-state index in [2.05, 4.69) is 22.0 Å². The van der Waals surface area contributed by atoms with Gasteiger partial charge in [0, 0.05) is 25.9 Å². The number of carbonyl (C=O) groups is 1. The molecule has 0 bridgehead atoms. The molecule has 2 rings (SSSR count). The van der Waals surface area contributed by atoms with Gasteiger partial charge < -0.3 is 4.90 Å². The number of carbonyl (C=O) groups excluding carboxylic acids is 1. The molecule has 1 aromatic heterocycles. The zero-order chi connectivity index (χ0) is 12.3. The summed E-state index contributed by atoms with van der Waals surface area (Å²) in [4.78, 5) is 13.4. The molecular weight excluding hydrogens is 214 g/mol. The SMILES string of the molecule is CCc1ccc(N(C)C2CCC(=O)CC2)nn1. The van der Waals surface area contributed by atoms with Crippen LogP contribution in [0.15, 0.2) is 12.1 Å². The van der Waals surface area contributed by atoms with Crippen LogP contribution in [-0.2, 0) is 11.2 Å². The van der Waals surface area contributed by atoms with E-state index in [0.717, 1.165) is 30.8 Å². The average Bonchev–Trinajstić information content (AvgIpc) is 2.39. The number of nitrogens with zero attached hydrogens (tertiary/aromatic N) is 3. The first-order chi connectivity index (χ1) is 8.20. The first kappa shape index (κ1) is 12.0. The van der Waals surface area contributed by atoms with Gasteiger partial charge in [0.25, 0.3) is 0 Å². The van der Waals surface area contributed by atoms with Crippen LogP contribution >= 0.6 is 0 Å². The topological polar surface area (TPSA) is 46.1 Å². The molecule has 0 N–H and O–H groups in total. The van der Waals surface area contributed by atoms with Crippen LogP contribution in [0, 0.1) is 0 Å². The first-order valence-corrected chi connectivity index (χ1v) is 6.28. The third-order valence-electron chi connectivity index (χ3n) is 3.49. The molecule has 17 heavy (non-hydrogen) atoms. The lowest BCUT2D eigenvalue weighted by Gasteiger charge is -2.31. The van der Waals surface area contributed by atoms with E-state index in [0.29, 0.717) is 24.7 Å². The Hall–Kier alpha value is -1.45. The highest BCUT2D eigenvalue weighted by Gasteiger charge is 2.23. The first-order valence-electron chi connectivity index (χ1n) is 6.28. The number of anilines is 1. The molecule has 0 radical (unpaired) electrons. The molecule has 0 unspecified atom stereocenters. The lowest BCUT2D eigenvalue weighted by molar-refractivity contribution is -0.120. The number of hydrogen-bond donors (Lipinski definition) is 0. The van der Waals surface area contributed by atoms with Crippen molar-refractivity contribution in [3.63, 3.8) is 0 Å². The molecule has 1 aliphatic rings. The Morgan fingerprint density at radius 1 is 1.29 bits per heavy atom. The second kappa shape index (κ2) is 5.25. The molecule has 1 aliphatic carbocycles. The van der Waals surface area contributed by atoms with E-state index in [1.165, 1.54) is 0 Å². The van der Waals surface area contributed by atoms with Crippen LogP contribution < -0.4 is 4.90 Å². The zero-order valence-electron chi connectivity index (χ0n) is 10.5. The van der Waals surface area contributed by atoms with Gasteiger partial charge in [-0.15, -0.1) is 5.10 Å². The number of hydrogen-bond acceptors (Lipinski definition) is 4. The van der Waals surface area contributed by atoms with Crippen molar-refractivity contribution in [1.29, 1.82) is 0 Å². The summed E-state index contributed by atoms with van der Waals surface area (Å²) in [5, 5.41) is 8.40. The molecule has 0 atom stereocenters. The Morgan fingerprint density at radius 3 is 2.53 bits per heavy atom. The summed E-state index contributed by atoms with van der Waals surface area (Å²) < 4.78 is 0. The molecule has 92 valence electrons. The van der Waals surface area contributed by atoms with Gasteiger partial charge in [-0.25, -0.2) is 0 Å². The lowest BCUT2D eigenvalue weighted by Crippen LogP contribution is -2.35. The molecule has 4 heteroatoms. The van der Waals surface area contributed by atoms with Gasteiger partial charge >= 0.3 is 0 Å². The molecule has 1 fully saturated rings. The normalized spacial score (nSPS) is 17.2. The maximum Gasteiger partial charge on any atom is 0.151 e. The van der Waals surface area contributed by atoms with Gasteiger partial charge in [0.05, 0.1) is 5.69 Å². The molecule has 0 amide bonds. The highest BCUT2D eigenvalue weighted by molar-refractivity contribution is 5.79. The maximum atomic E-state index is 11.2. The van der Waals surface area contributed by atoms with Crippen molar-refractivity contribution < 1.29 is 4.79 Å². The monoisotopic (exact) mass is 233 g/mol. The summed E-state index contributed by atoms with van der Waals surface area (Å²) in [6.45, 7) is 2.07. The van der Waals surface area contributed by atoms with E-state index >= 15 is 0 Å². The fourth-order valence-electron chi connectivity index (χ4n) is 2.23. The van der Waals surface area contributed by atoms with Crippen molar-refractivity contribution in [2.45, 2.75) is 45.1 Å². The highest BCUT2D eigenvalue weighted by atomic mass is 16.1. The van der Waals surface area contributed by atoms with Crippen LogP contribution in [0.1, 0.15) is 38.3 Å².